The molecule has 0 saturated heterocycles. The van der Waals surface area contributed by atoms with Crippen molar-refractivity contribution in [3.05, 3.63) is 180 Å². The Morgan fingerprint density at radius 2 is 1.08 bits per heavy atom. The summed E-state index contributed by atoms with van der Waals surface area (Å²) in [7, 11) is 0. The van der Waals surface area contributed by atoms with E-state index in [0.29, 0.717) is 22.6 Å². The molecule has 0 aliphatic carbocycles. The maximum absolute atomic E-state index is 9.99. The Hall–Kier alpha value is -7.39. The zero-order chi connectivity index (χ0) is 33.8. The summed E-state index contributed by atoms with van der Waals surface area (Å²) in [5, 5.41) is 14.4. The first kappa shape index (κ1) is 28.8. The van der Waals surface area contributed by atoms with Crippen molar-refractivity contribution in [1.29, 1.82) is 5.26 Å². The molecule has 2 heterocycles. The molecule has 2 aromatic heterocycles. The molecule has 0 atom stereocenters. The summed E-state index contributed by atoms with van der Waals surface area (Å²) in [4.78, 5) is 7.60. The Kier molecular flexibility index (Phi) is 6.56. The van der Waals surface area contributed by atoms with E-state index in [2.05, 4.69) is 122 Å². The van der Waals surface area contributed by atoms with Gasteiger partial charge in [-0.25, -0.2) is 9.69 Å². The summed E-state index contributed by atoms with van der Waals surface area (Å²) in [6.45, 7) is 15.8. The van der Waals surface area contributed by atoms with E-state index in [4.69, 9.17) is 13.1 Å². The second kappa shape index (κ2) is 11.4. The topological polar surface area (TPSA) is 42.4 Å². The van der Waals surface area contributed by atoms with E-state index < -0.39 is 0 Å². The SMILES string of the molecule is [C-]#[N+]c1ccc2c(c1)c1ccccc1n2-c1c([N+]#[C-])cc(C#N)cc1-c1ccc(-c2cccc(-n3c4ccccc4c4ccccc43)c2)cc1. The Bertz CT molecular complexity index is 2900. The number of fused-ring (bicyclic) bond motifs is 6. The zero-order valence-electron chi connectivity index (χ0n) is 26.7. The lowest BCUT2D eigenvalue weighted by molar-refractivity contribution is 1.18. The minimum absolute atomic E-state index is 0.388. The van der Waals surface area contributed by atoms with Gasteiger partial charge in [-0.15, -0.1) is 0 Å². The average molecular weight is 636 g/mol. The van der Waals surface area contributed by atoms with Gasteiger partial charge in [0.25, 0.3) is 0 Å². The van der Waals surface area contributed by atoms with Gasteiger partial charge in [0.1, 0.15) is 0 Å². The fourth-order valence-corrected chi connectivity index (χ4v) is 7.36. The molecular formula is C45H25N5. The smallest absolute Gasteiger partial charge is 0.212 e. The molecule has 0 fully saturated rings. The molecule has 5 heteroatoms. The van der Waals surface area contributed by atoms with Crippen LogP contribution in [0.25, 0.3) is 86.9 Å². The van der Waals surface area contributed by atoms with Crippen LogP contribution in [-0.2, 0) is 0 Å². The highest BCUT2D eigenvalue weighted by Gasteiger charge is 2.21. The fourth-order valence-electron chi connectivity index (χ4n) is 7.36. The van der Waals surface area contributed by atoms with Crippen LogP contribution in [0.1, 0.15) is 5.56 Å². The summed E-state index contributed by atoms with van der Waals surface area (Å²) in [6.07, 6.45) is 0. The lowest BCUT2D eigenvalue weighted by Gasteiger charge is -2.17. The van der Waals surface area contributed by atoms with Crippen LogP contribution in [0.5, 0.6) is 0 Å². The molecule has 0 aliphatic heterocycles. The number of rotatable bonds is 4. The van der Waals surface area contributed by atoms with Gasteiger partial charge >= 0.3 is 0 Å². The molecule has 0 saturated carbocycles. The Balaban J connectivity index is 1.20. The predicted octanol–water partition coefficient (Wildman–Crippen LogP) is 12.2. The number of hydrogen-bond donors (Lipinski definition) is 0. The molecule has 0 aliphatic rings. The van der Waals surface area contributed by atoms with Crippen LogP contribution < -0.4 is 0 Å². The van der Waals surface area contributed by atoms with Gasteiger partial charge in [-0.1, -0.05) is 97.1 Å². The van der Waals surface area contributed by atoms with E-state index >= 15 is 0 Å². The summed E-state index contributed by atoms with van der Waals surface area (Å²) >= 11 is 0. The highest BCUT2D eigenvalue weighted by atomic mass is 15.0. The maximum atomic E-state index is 9.99. The molecule has 9 aromatic rings. The van der Waals surface area contributed by atoms with Gasteiger partial charge < -0.3 is 9.13 Å². The Labute approximate surface area is 288 Å². The van der Waals surface area contributed by atoms with Crippen molar-refractivity contribution in [3.63, 3.8) is 0 Å². The molecule has 0 unspecified atom stereocenters. The Morgan fingerprint density at radius 1 is 0.480 bits per heavy atom. The van der Waals surface area contributed by atoms with Gasteiger partial charge in [0.05, 0.1) is 47.0 Å². The van der Waals surface area contributed by atoms with Gasteiger partial charge in [0.15, 0.2) is 5.69 Å². The van der Waals surface area contributed by atoms with Crippen LogP contribution in [-0.4, -0.2) is 9.13 Å². The molecule has 0 spiro atoms. The van der Waals surface area contributed by atoms with Crippen molar-refractivity contribution in [2.45, 2.75) is 0 Å². The van der Waals surface area contributed by atoms with E-state index in [1.165, 1.54) is 10.8 Å². The largest absolute Gasteiger partial charge is 0.318 e. The number of para-hydroxylation sites is 3. The van der Waals surface area contributed by atoms with E-state index in [-0.39, 0.29) is 0 Å². The standard InChI is InChI=1S/C45H25N5/c1-47-33-22-23-44-39(27-33)37-14-5-8-17-43(37)50(44)45-38(24-29(28-46)25-40(45)48-2)31-20-18-30(19-21-31)32-10-9-11-34(26-32)49-41-15-6-3-12-35(41)36-13-4-7-16-42(36)49/h3-27H. The van der Waals surface area contributed by atoms with Crippen LogP contribution in [0, 0.1) is 24.5 Å². The minimum atomic E-state index is 0.388. The second-order valence-electron chi connectivity index (χ2n) is 12.3. The molecule has 0 radical (unpaired) electrons. The number of aromatic nitrogens is 2. The quantitative estimate of drug-likeness (QED) is 0.177. The van der Waals surface area contributed by atoms with Crippen LogP contribution in [0.15, 0.2) is 152 Å². The van der Waals surface area contributed by atoms with Crippen molar-refractivity contribution < 1.29 is 0 Å². The molecule has 9 rings (SSSR count). The molecule has 5 nitrogen and oxygen atoms in total. The Morgan fingerprint density at radius 3 is 1.72 bits per heavy atom. The van der Waals surface area contributed by atoms with Crippen LogP contribution >= 0.6 is 0 Å². The van der Waals surface area contributed by atoms with Crippen LogP contribution in [0.2, 0.25) is 0 Å². The number of nitriles is 1. The number of benzene rings is 7. The summed E-state index contributed by atoms with van der Waals surface area (Å²) in [5.74, 6) is 0. The zero-order valence-corrected chi connectivity index (χ0v) is 26.7. The fraction of sp³-hybridized carbons (Fsp3) is 0. The second-order valence-corrected chi connectivity index (χ2v) is 12.3. The summed E-state index contributed by atoms with van der Waals surface area (Å²) < 4.78 is 4.42. The van der Waals surface area contributed by atoms with Gasteiger partial charge in [0, 0.05) is 27.4 Å². The highest BCUT2D eigenvalue weighted by molar-refractivity contribution is 6.12. The van der Waals surface area contributed by atoms with Gasteiger partial charge in [-0.2, -0.15) is 5.26 Å². The third-order valence-corrected chi connectivity index (χ3v) is 9.56. The van der Waals surface area contributed by atoms with Crippen LogP contribution in [0.3, 0.4) is 0 Å². The first-order valence-electron chi connectivity index (χ1n) is 16.2. The third-order valence-electron chi connectivity index (χ3n) is 9.56. The summed E-state index contributed by atoms with van der Waals surface area (Å²) in [6, 6.07) is 53.5. The molecule has 0 amide bonds. The van der Waals surface area contributed by atoms with Gasteiger partial charge in [-0.05, 0) is 82.2 Å². The van der Waals surface area contributed by atoms with Crippen molar-refractivity contribution in [1.82, 2.24) is 9.13 Å². The van der Waals surface area contributed by atoms with Gasteiger partial charge in [0.2, 0.25) is 5.69 Å². The van der Waals surface area contributed by atoms with E-state index in [9.17, 15) is 5.26 Å². The third kappa shape index (κ3) is 4.38. The highest BCUT2D eigenvalue weighted by Crippen LogP contribution is 2.43. The van der Waals surface area contributed by atoms with Crippen molar-refractivity contribution in [2.24, 2.45) is 0 Å². The maximum Gasteiger partial charge on any atom is 0.212 e. The van der Waals surface area contributed by atoms with Gasteiger partial charge in [-0.3, -0.25) is 0 Å². The lowest BCUT2D eigenvalue weighted by Crippen LogP contribution is -1.99. The molecule has 7 aromatic carbocycles. The monoisotopic (exact) mass is 635 g/mol. The van der Waals surface area contributed by atoms with E-state index in [1.54, 1.807) is 6.07 Å². The van der Waals surface area contributed by atoms with Crippen LogP contribution in [0.4, 0.5) is 11.4 Å². The summed E-state index contributed by atoms with van der Waals surface area (Å²) in [5.41, 5.74) is 11.2. The van der Waals surface area contributed by atoms with E-state index in [0.717, 1.165) is 60.8 Å². The number of hydrogen-bond acceptors (Lipinski definition) is 1. The lowest BCUT2D eigenvalue weighted by atomic mass is 9.96. The molecule has 230 valence electrons. The molecule has 0 bridgehead atoms. The normalized spacial score (nSPS) is 11.1. The van der Waals surface area contributed by atoms with Crippen molar-refractivity contribution >= 4 is 55.0 Å². The average Bonchev–Trinajstić information content (AvgIpc) is 3.70. The molecule has 0 N–H and O–H groups in total. The van der Waals surface area contributed by atoms with Crippen molar-refractivity contribution in [3.8, 4) is 39.7 Å². The first-order valence-corrected chi connectivity index (χ1v) is 16.2. The number of nitrogens with zero attached hydrogens (tertiary/aromatic N) is 5. The molecular weight excluding hydrogens is 611 g/mol. The predicted molar refractivity (Wildman–Crippen MR) is 203 cm³/mol. The molecule has 50 heavy (non-hydrogen) atoms. The van der Waals surface area contributed by atoms with Crippen molar-refractivity contribution in [2.75, 3.05) is 0 Å². The van der Waals surface area contributed by atoms with E-state index in [1.807, 2.05) is 48.5 Å². The first-order chi connectivity index (χ1) is 24.7. The minimum Gasteiger partial charge on any atom is -0.318 e.